The zero-order valence-electron chi connectivity index (χ0n) is 21.5. The summed E-state index contributed by atoms with van der Waals surface area (Å²) in [6, 6.07) is 8.05. The van der Waals surface area contributed by atoms with Crippen LogP contribution in [0.25, 0.3) is 5.52 Å². The summed E-state index contributed by atoms with van der Waals surface area (Å²) in [4.78, 5) is 28.0. The topological polar surface area (TPSA) is 66.7 Å². The summed E-state index contributed by atoms with van der Waals surface area (Å²) in [5, 5.41) is 7.83. The predicted octanol–water partition coefficient (Wildman–Crippen LogP) is 4.95. The molecule has 0 radical (unpaired) electrons. The van der Waals surface area contributed by atoms with E-state index in [0.29, 0.717) is 30.7 Å². The van der Waals surface area contributed by atoms with Crippen molar-refractivity contribution in [3.05, 3.63) is 47.4 Å². The lowest BCUT2D eigenvalue weighted by Crippen LogP contribution is -2.55. The molecule has 0 bridgehead atoms. The van der Waals surface area contributed by atoms with E-state index in [1.54, 1.807) is 0 Å². The molecule has 1 aliphatic heterocycles. The van der Waals surface area contributed by atoms with Crippen LogP contribution in [-0.4, -0.2) is 33.4 Å². The maximum Gasteiger partial charge on any atom is 0.226 e. The molecule has 3 fully saturated rings. The van der Waals surface area contributed by atoms with Crippen molar-refractivity contribution in [3.63, 3.8) is 0 Å². The van der Waals surface area contributed by atoms with Crippen molar-refractivity contribution in [2.45, 2.75) is 72.3 Å². The van der Waals surface area contributed by atoms with Gasteiger partial charge in [0.25, 0.3) is 0 Å². The SMILES string of the molecule is CC1=C2N(C)C(=O)CC[C@]2(C)[C@H]2CC[C@]3(C)[C@@H](C(=O)NCc4cc5ccccn5n4)CC[C@H]3[C@@H]2C1. The third-order valence-electron chi connectivity index (χ3n) is 10.5. The molecule has 3 aliphatic carbocycles. The Bertz CT molecular complexity index is 1200. The van der Waals surface area contributed by atoms with E-state index < -0.39 is 0 Å². The average Bonchev–Trinajstić information content (AvgIpc) is 3.40. The maximum atomic E-state index is 13.5. The van der Waals surface area contributed by atoms with Crippen molar-refractivity contribution < 1.29 is 9.59 Å². The molecule has 3 heterocycles. The first kappa shape index (κ1) is 22.8. The van der Waals surface area contributed by atoms with Crippen LogP contribution in [0.5, 0.6) is 0 Å². The van der Waals surface area contributed by atoms with Gasteiger partial charge in [-0.1, -0.05) is 25.5 Å². The van der Waals surface area contributed by atoms with Gasteiger partial charge in [0.2, 0.25) is 11.8 Å². The van der Waals surface area contributed by atoms with Gasteiger partial charge in [-0.2, -0.15) is 5.10 Å². The number of aromatic nitrogens is 2. The van der Waals surface area contributed by atoms with Crippen LogP contribution in [0, 0.1) is 34.5 Å². The molecule has 0 unspecified atom stereocenters. The van der Waals surface area contributed by atoms with Crippen molar-refractivity contribution in [3.8, 4) is 0 Å². The lowest BCUT2D eigenvalue weighted by atomic mass is 9.48. The maximum absolute atomic E-state index is 13.5. The standard InChI is InChI=1S/C29H38N4O2/c1-18-15-21-22-8-9-24(27(35)30-17-19-16-20-7-5-6-14-33(20)31-19)28(22,2)12-10-23(21)29(3)13-11-25(34)32(4)26(18)29/h5-7,14,16,21-24H,8-13,15,17H2,1-4H3,(H,30,35)/t21-,22-,23-,24+,28-,29+/m0/s1. The number of piperidine rings is 1. The van der Waals surface area contributed by atoms with E-state index >= 15 is 0 Å². The minimum atomic E-state index is 0.0503. The number of carbonyl (C=O) groups is 2. The number of fused-ring (bicyclic) bond motifs is 6. The van der Waals surface area contributed by atoms with E-state index in [9.17, 15) is 9.59 Å². The minimum Gasteiger partial charge on any atom is -0.350 e. The van der Waals surface area contributed by atoms with Crippen LogP contribution >= 0.6 is 0 Å². The summed E-state index contributed by atoms with van der Waals surface area (Å²) in [7, 11) is 1.98. The Hall–Kier alpha value is -2.63. The number of nitrogens with one attached hydrogen (secondary N) is 1. The highest BCUT2D eigenvalue weighted by Crippen LogP contribution is 2.66. The summed E-state index contributed by atoms with van der Waals surface area (Å²) in [5.74, 6) is 2.32. The van der Waals surface area contributed by atoms with Crippen LogP contribution in [0.4, 0.5) is 0 Å². The van der Waals surface area contributed by atoms with E-state index in [4.69, 9.17) is 0 Å². The number of amides is 2. The van der Waals surface area contributed by atoms with Crippen molar-refractivity contribution in [1.29, 1.82) is 0 Å². The molecule has 2 amide bonds. The molecule has 4 aliphatic rings. The van der Waals surface area contributed by atoms with Gasteiger partial charge in [-0.15, -0.1) is 0 Å². The molecule has 2 aromatic heterocycles. The first-order valence-electron chi connectivity index (χ1n) is 13.4. The van der Waals surface area contributed by atoms with Gasteiger partial charge in [-0.3, -0.25) is 9.59 Å². The van der Waals surface area contributed by atoms with Gasteiger partial charge in [0, 0.05) is 36.7 Å². The van der Waals surface area contributed by atoms with Crippen LogP contribution in [0.1, 0.15) is 71.4 Å². The molecule has 35 heavy (non-hydrogen) atoms. The Morgan fingerprint density at radius 2 is 2.00 bits per heavy atom. The molecule has 2 aromatic rings. The average molecular weight is 475 g/mol. The lowest BCUT2D eigenvalue weighted by Gasteiger charge is -2.59. The monoisotopic (exact) mass is 474 g/mol. The number of nitrogens with zero attached hydrogens (tertiary/aromatic N) is 3. The summed E-state index contributed by atoms with van der Waals surface area (Å²) in [6.45, 7) is 7.54. The van der Waals surface area contributed by atoms with E-state index in [1.807, 2.05) is 46.9 Å². The highest BCUT2D eigenvalue weighted by molar-refractivity contribution is 5.80. The van der Waals surface area contributed by atoms with Gasteiger partial charge in [0.1, 0.15) is 0 Å². The van der Waals surface area contributed by atoms with Gasteiger partial charge in [0.15, 0.2) is 0 Å². The minimum absolute atomic E-state index is 0.0503. The quantitative estimate of drug-likeness (QED) is 0.685. The number of allylic oxidation sites excluding steroid dienone is 2. The fourth-order valence-corrected chi connectivity index (χ4v) is 8.92. The zero-order valence-corrected chi connectivity index (χ0v) is 21.5. The Labute approximate surface area is 208 Å². The van der Waals surface area contributed by atoms with Crippen molar-refractivity contribution in [1.82, 2.24) is 19.8 Å². The molecule has 0 aromatic carbocycles. The summed E-state index contributed by atoms with van der Waals surface area (Å²) < 4.78 is 1.86. The molecule has 0 spiro atoms. The van der Waals surface area contributed by atoms with Gasteiger partial charge in [-0.25, -0.2) is 4.52 Å². The van der Waals surface area contributed by atoms with Crippen LogP contribution in [-0.2, 0) is 16.1 Å². The van der Waals surface area contributed by atoms with Crippen LogP contribution in [0.15, 0.2) is 41.7 Å². The van der Waals surface area contributed by atoms with E-state index in [-0.39, 0.29) is 28.6 Å². The Morgan fingerprint density at radius 3 is 2.80 bits per heavy atom. The normalized spacial score (nSPS) is 36.7. The summed E-state index contributed by atoms with van der Waals surface area (Å²) in [6.07, 6.45) is 9.01. The highest BCUT2D eigenvalue weighted by atomic mass is 16.2. The molecule has 6 nitrogen and oxygen atoms in total. The third kappa shape index (κ3) is 3.31. The molecule has 6 atom stereocenters. The first-order valence-corrected chi connectivity index (χ1v) is 13.4. The van der Waals surface area contributed by atoms with Crippen LogP contribution in [0.2, 0.25) is 0 Å². The fraction of sp³-hybridized carbons (Fsp3) is 0.621. The van der Waals surface area contributed by atoms with Crippen LogP contribution < -0.4 is 5.32 Å². The summed E-state index contributed by atoms with van der Waals surface area (Å²) >= 11 is 0. The number of hydrogen-bond donors (Lipinski definition) is 1. The van der Waals surface area contributed by atoms with Crippen molar-refractivity contribution in [2.24, 2.45) is 34.5 Å². The van der Waals surface area contributed by atoms with Crippen molar-refractivity contribution >= 4 is 17.3 Å². The molecular formula is C29H38N4O2. The van der Waals surface area contributed by atoms with Gasteiger partial charge >= 0.3 is 0 Å². The first-order chi connectivity index (χ1) is 16.7. The Kier molecular flexibility index (Phi) is 5.17. The van der Waals surface area contributed by atoms with E-state index in [1.165, 1.54) is 11.3 Å². The van der Waals surface area contributed by atoms with Crippen LogP contribution in [0.3, 0.4) is 0 Å². The summed E-state index contributed by atoms with van der Waals surface area (Å²) in [5.41, 5.74) is 4.78. The lowest BCUT2D eigenvalue weighted by molar-refractivity contribution is -0.138. The number of carbonyl (C=O) groups excluding carboxylic acids is 2. The second-order valence-electron chi connectivity index (χ2n) is 12.2. The second kappa shape index (κ2) is 7.94. The molecule has 1 saturated heterocycles. The molecule has 186 valence electrons. The largest absolute Gasteiger partial charge is 0.350 e. The molecule has 6 rings (SSSR count). The Morgan fingerprint density at radius 1 is 1.17 bits per heavy atom. The molecule has 2 saturated carbocycles. The van der Waals surface area contributed by atoms with E-state index in [0.717, 1.165) is 49.7 Å². The molecular weight excluding hydrogens is 436 g/mol. The number of rotatable bonds is 3. The molecule has 6 heteroatoms. The van der Waals surface area contributed by atoms with E-state index in [2.05, 4.69) is 31.2 Å². The fourth-order valence-electron chi connectivity index (χ4n) is 8.92. The number of likely N-dealkylation sites (tertiary alicyclic amines) is 1. The second-order valence-corrected chi connectivity index (χ2v) is 12.2. The Balaban J connectivity index is 1.21. The smallest absolute Gasteiger partial charge is 0.226 e. The highest BCUT2D eigenvalue weighted by Gasteiger charge is 2.61. The number of pyridine rings is 1. The van der Waals surface area contributed by atoms with Gasteiger partial charge < -0.3 is 10.2 Å². The number of hydrogen-bond acceptors (Lipinski definition) is 3. The molecule has 1 N–H and O–H groups in total. The van der Waals surface area contributed by atoms with Gasteiger partial charge in [-0.05, 0) is 86.8 Å². The van der Waals surface area contributed by atoms with Crippen molar-refractivity contribution in [2.75, 3.05) is 7.05 Å². The predicted molar refractivity (Wildman–Crippen MR) is 135 cm³/mol. The zero-order chi connectivity index (χ0) is 24.5. The third-order valence-corrected chi connectivity index (χ3v) is 10.5. The van der Waals surface area contributed by atoms with Gasteiger partial charge in [0.05, 0.1) is 17.8 Å².